The molecule has 0 atom stereocenters. The molecule has 0 radical (unpaired) electrons. The highest BCUT2D eigenvalue weighted by molar-refractivity contribution is 6.06. The van der Waals surface area contributed by atoms with Crippen LogP contribution in [0.5, 0.6) is 0 Å². The van der Waals surface area contributed by atoms with Gasteiger partial charge in [-0.05, 0) is 95.4 Å². The molecule has 1 aromatic heterocycles. The molecule has 12 rings (SSSR count). The summed E-state index contributed by atoms with van der Waals surface area (Å²) < 4.78 is 0. The summed E-state index contributed by atoms with van der Waals surface area (Å²) in [7, 11) is 0. The second-order valence-corrected chi connectivity index (χ2v) is 16.2. The van der Waals surface area contributed by atoms with Crippen LogP contribution < -0.4 is 0 Å². The lowest BCUT2D eigenvalue weighted by atomic mass is 9.67. The summed E-state index contributed by atoms with van der Waals surface area (Å²) in [5.74, 6) is 1.91. The smallest absolute Gasteiger partial charge is 0.164 e. The molecule has 0 saturated carbocycles. The van der Waals surface area contributed by atoms with E-state index in [1.165, 1.54) is 44.5 Å². The summed E-state index contributed by atoms with van der Waals surface area (Å²) in [6, 6.07) is 84.8. The zero-order valence-electron chi connectivity index (χ0n) is 34.4. The van der Waals surface area contributed by atoms with Gasteiger partial charge in [0.2, 0.25) is 0 Å². The average Bonchev–Trinajstić information content (AvgIpc) is 3.67. The Kier molecular flexibility index (Phi) is 8.72. The lowest BCUT2D eigenvalue weighted by molar-refractivity contribution is 0.769. The molecule has 0 fully saturated rings. The molecule has 10 aromatic carbocycles. The van der Waals surface area contributed by atoms with Crippen molar-refractivity contribution in [3.63, 3.8) is 0 Å². The highest BCUT2D eigenvalue weighted by Crippen LogP contribution is 2.57. The lowest BCUT2D eigenvalue weighted by Crippen LogP contribution is -2.28. The maximum Gasteiger partial charge on any atom is 0.164 e. The zero-order chi connectivity index (χ0) is 41.7. The first kappa shape index (κ1) is 36.6. The van der Waals surface area contributed by atoms with Gasteiger partial charge in [-0.2, -0.15) is 0 Å². The molecular weight excluding hydrogens is 763 g/mol. The third-order valence-electron chi connectivity index (χ3n) is 12.9. The van der Waals surface area contributed by atoms with E-state index in [9.17, 15) is 0 Å². The van der Waals surface area contributed by atoms with E-state index in [0.717, 1.165) is 49.4 Å². The fourth-order valence-electron chi connectivity index (χ4n) is 10.1. The Balaban J connectivity index is 1.05. The Morgan fingerprint density at radius 2 is 0.619 bits per heavy atom. The number of rotatable bonds is 7. The molecule has 0 unspecified atom stereocenters. The highest BCUT2D eigenvalue weighted by Gasteiger charge is 2.46. The Bertz CT molecular complexity index is 3450. The first-order chi connectivity index (χ1) is 31.3. The molecule has 1 aliphatic carbocycles. The fraction of sp³-hybridized carbons (Fsp3) is 0.0167. The average molecular weight is 802 g/mol. The second-order valence-electron chi connectivity index (χ2n) is 16.2. The molecule has 1 aliphatic rings. The van der Waals surface area contributed by atoms with Gasteiger partial charge in [-0.1, -0.05) is 218 Å². The standard InChI is InChI=1S/C60H39N3/c1-5-19-40(20-6-1)45-35-37-53(49-29-15-13-27-47(45)49)58-61-57(41-21-7-2-8-22-41)62-59(63-58)54-38-36-46(48-28-14-16-30-50(48)54)42-33-34-52-51-31-17-18-32-55(51)60(56(52)39-42,43-23-9-3-10-24-43)44-25-11-4-12-26-44/h1-39H. The minimum atomic E-state index is -0.487. The molecule has 294 valence electrons. The second kappa shape index (κ2) is 15.0. The van der Waals surface area contributed by atoms with Gasteiger partial charge in [0.25, 0.3) is 0 Å². The molecule has 0 saturated heterocycles. The molecule has 11 aromatic rings. The van der Waals surface area contributed by atoms with Crippen molar-refractivity contribution in [3.05, 3.63) is 259 Å². The molecule has 0 N–H and O–H groups in total. The number of hydrogen-bond donors (Lipinski definition) is 0. The normalized spacial score (nSPS) is 12.6. The number of nitrogens with zero attached hydrogens (tertiary/aromatic N) is 3. The number of fused-ring (bicyclic) bond motifs is 5. The van der Waals surface area contributed by atoms with Crippen LogP contribution in [0.25, 0.3) is 89.1 Å². The van der Waals surface area contributed by atoms with E-state index in [-0.39, 0.29) is 0 Å². The van der Waals surface area contributed by atoms with Crippen molar-refractivity contribution in [2.75, 3.05) is 0 Å². The van der Waals surface area contributed by atoms with Gasteiger partial charge in [-0.15, -0.1) is 0 Å². The van der Waals surface area contributed by atoms with E-state index in [1.807, 2.05) is 18.2 Å². The molecule has 63 heavy (non-hydrogen) atoms. The molecule has 0 bridgehead atoms. The fourth-order valence-corrected chi connectivity index (χ4v) is 10.1. The van der Waals surface area contributed by atoms with Gasteiger partial charge in [0.05, 0.1) is 5.41 Å². The van der Waals surface area contributed by atoms with Crippen LogP contribution in [0, 0.1) is 0 Å². The third-order valence-corrected chi connectivity index (χ3v) is 12.9. The summed E-state index contributed by atoms with van der Waals surface area (Å²) in [5.41, 5.74) is 14.7. The summed E-state index contributed by atoms with van der Waals surface area (Å²) in [6.45, 7) is 0. The van der Waals surface area contributed by atoms with Gasteiger partial charge in [0.1, 0.15) is 0 Å². The van der Waals surface area contributed by atoms with Crippen LogP contribution >= 0.6 is 0 Å². The summed E-state index contributed by atoms with van der Waals surface area (Å²) in [6.07, 6.45) is 0. The van der Waals surface area contributed by atoms with Crippen molar-refractivity contribution >= 4 is 21.5 Å². The summed E-state index contributed by atoms with van der Waals surface area (Å²) >= 11 is 0. The molecule has 3 heteroatoms. The highest BCUT2D eigenvalue weighted by atomic mass is 15.0. The van der Waals surface area contributed by atoms with E-state index in [4.69, 9.17) is 15.0 Å². The molecule has 0 spiro atoms. The van der Waals surface area contributed by atoms with Gasteiger partial charge >= 0.3 is 0 Å². The van der Waals surface area contributed by atoms with Crippen LogP contribution in [0.3, 0.4) is 0 Å². The Morgan fingerprint density at radius 3 is 1.17 bits per heavy atom. The predicted octanol–water partition coefficient (Wildman–Crippen LogP) is 14.9. The van der Waals surface area contributed by atoms with Gasteiger partial charge in [-0.25, -0.2) is 15.0 Å². The Labute approximate surface area is 366 Å². The zero-order valence-corrected chi connectivity index (χ0v) is 34.4. The van der Waals surface area contributed by atoms with Crippen LogP contribution in [0.15, 0.2) is 237 Å². The van der Waals surface area contributed by atoms with Crippen LogP contribution in [0.2, 0.25) is 0 Å². The molecule has 1 heterocycles. The SMILES string of the molecule is c1ccc(-c2nc(-c3ccc(-c4ccccc4)c4ccccc34)nc(-c3ccc(-c4ccc5c(c4)C(c4ccccc4)(c4ccccc4)c4ccccc4-5)c4ccccc34)n2)cc1. The van der Waals surface area contributed by atoms with Crippen molar-refractivity contribution in [2.24, 2.45) is 0 Å². The summed E-state index contributed by atoms with van der Waals surface area (Å²) in [5, 5.41) is 4.46. The van der Waals surface area contributed by atoms with Crippen molar-refractivity contribution in [2.45, 2.75) is 5.41 Å². The van der Waals surface area contributed by atoms with E-state index in [2.05, 4.69) is 218 Å². The quantitative estimate of drug-likeness (QED) is 0.161. The Morgan fingerprint density at radius 1 is 0.238 bits per heavy atom. The molecule has 3 nitrogen and oxygen atoms in total. The number of hydrogen-bond acceptors (Lipinski definition) is 3. The minimum Gasteiger partial charge on any atom is -0.208 e. The first-order valence-electron chi connectivity index (χ1n) is 21.5. The monoisotopic (exact) mass is 801 g/mol. The van der Waals surface area contributed by atoms with E-state index in [1.54, 1.807) is 0 Å². The number of aromatic nitrogens is 3. The lowest BCUT2D eigenvalue weighted by Gasteiger charge is -2.34. The molecule has 0 amide bonds. The van der Waals surface area contributed by atoms with E-state index in [0.29, 0.717) is 17.5 Å². The van der Waals surface area contributed by atoms with Crippen LogP contribution in [0.1, 0.15) is 22.3 Å². The van der Waals surface area contributed by atoms with Gasteiger partial charge < -0.3 is 0 Å². The maximum absolute atomic E-state index is 5.34. The molecular formula is C60H39N3. The largest absolute Gasteiger partial charge is 0.208 e. The van der Waals surface area contributed by atoms with Crippen molar-refractivity contribution in [1.29, 1.82) is 0 Å². The summed E-state index contributed by atoms with van der Waals surface area (Å²) in [4.78, 5) is 15.8. The van der Waals surface area contributed by atoms with E-state index < -0.39 is 5.41 Å². The number of benzene rings is 10. The van der Waals surface area contributed by atoms with Crippen molar-refractivity contribution in [1.82, 2.24) is 15.0 Å². The Hall–Kier alpha value is -8.27. The van der Waals surface area contributed by atoms with Gasteiger partial charge in [-0.3, -0.25) is 0 Å². The van der Waals surface area contributed by atoms with Crippen molar-refractivity contribution in [3.8, 4) is 67.5 Å². The van der Waals surface area contributed by atoms with Crippen LogP contribution in [-0.2, 0) is 5.41 Å². The predicted molar refractivity (Wildman–Crippen MR) is 259 cm³/mol. The van der Waals surface area contributed by atoms with Gasteiger partial charge in [0.15, 0.2) is 17.5 Å². The maximum atomic E-state index is 5.34. The van der Waals surface area contributed by atoms with Crippen LogP contribution in [-0.4, -0.2) is 15.0 Å². The van der Waals surface area contributed by atoms with Gasteiger partial charge in [0, 0.05) is 16.7 Å². The van der Waals surface area contributed by atoms with Crippen LogP contribution in [0.4, 0.5) is 0 Å². The third kappa shape index (κ3) is 5.93. The topological polar surface area (TPSA) is 38.7 Å². The minimum absolute atomic E-state index is 0.487. The van der Waals surface area contributed by atoms with Crippen molar-refractivity contribution < 1.29 is 0 Å². The molecule has 0 aliphatic heterocycles. The first-order valence-corrected chi connectivity index (χ1v) is 21.5. The van der Waals surface area contributed by atoms with E-state index >= 15 is 0 Å².